The van der Waals surface area contributed by atoms with Crippen LogP contribution in [-0.4, -0.2) is 10.9 Å². The molecule has 0 unspecified atom stereocenters. The second-order valence-electron chi connectivity index (χ2n) is 5.48. The zero-order valence-corrected chi connectivity index (χ0v) is 14.9. The number of anilines is 1. The van der Waals surface area contributed by atoms with Gasteiger partial charge in [-0.1, -0.05) is 54.5 Å². The maximum atomic E-state index is 12.4. The number of fused-ring (bicyclic) bond motifs is 1. The Morgan fingerprint density at radius 2 is 1.96 bits per heavy atom. The summed E-state index contributed by atoms with van der Waals surface area (Å²) in [5.74, 6) is 0.130. The third kappa shape index (κ3) is 3.50. The monoisotopic (exact) mass is 364 g/mol. The average Bonchev–Trinajstić information content (AvgIpc) is 2.90. The van der Waals surface area contributed by atoms with Crippen LogP contribution in [0.25, 0.3) is 10.2 Å². The predicted octanol–water partition coefficient (Wildman–Crippen LogP) is 5.98. The van der Waals surface area contributed by atoms with E-state index in [9.17, 15) is 4.79 Å². The van der Waals surface area contributed by atoms with Crippen molar-refractivity contribution in [3.63, 3.8) is 0 Å². The first-order valence-electron chi connectivity index (χ1n) is 7.11. The highest BCUT2D eigenvalue weighted by atomic mass is 35.5. The number of carbonyl (C=O) groups is 1. The molecule has 118 valence electrons. The molecule has 0 saturated carbocycles. The number of aromatic nitrogens is 1. The van der Waals surface area contributed by atoms with Gasteiger partial charge in [0.2, 0.25) is 0 Å². The molecule has 0 aliphatic heterocycles. The van der Waals surface area contributed by atoms with Crippen molar-refractivity contribution in [2.24, 2.45) is 0 Å². The summed E-state index contributed by atoms with van der Waals surface area (Å²) < 4.78 is 1.05. The standard InChI is InChI=1S/C17H14Cl2N2OS/c1-9(2)10-3-6-14-15(7-10)23-17(20-14)21-16(22)12-8-11(18)4-5-13(12)19/h3-9H,1-2H3,(H,20,21,22). The molecule has 0 radical (unpaired) electrons. The number of nitrogens with zero attached hydrogens (tertiary/aromatic N) is 1. The summed E-state index contributed by atoms with van der Waals surface area (Å²) in [6.07, 6.45) is 0. The van der Waals surface area contributed by atoms with Crippen molar-refractivity contribution in [1.29, 1.82) is 0 Å². The maximum Gasteiger partial charge on any atom is 0.259 e. The molecule has 0 aliphatic carbocycles. The molecule has 0 spiro atoms. The lowest BCUT2D eigenvalue weighted by molar-refractivity contribution is 0.102. The van der Waals surface area contributed by atoms with Crippen LogP contribution in [0.15, 0.2) is 36.4 Å². The van der Waals surface area contributed by atoms with Crippen molar-refractivity contribution in [3.05, 3.63) is 57.6 Å². The Labute approximate surface area is 148 Å². The van der Waals surface area contributed by atoms with Gasteiger partial charge in [0.1, 0.15) is 0 Å². The van der Waals surface area contributed by atoms with Crippen LogP contribution in [0.2, 0.25) is 10.0 Å². The topological polar surface area (TPSA) is 42.0 Å². The lowest BCUT2D eigenvalue weighted by Gasteiger charge is -2.04. The molecular formula is C17H14Cl2N2OS. The molecule has 3 aromatic rings. The predicted molar refractivity (Wildman–Crippen MR) is 98.1 cm³/mol. The molecule has 3 rings (SSSR count). The fraction of sp³-hybridized carbons (Fsp3) is 0.176. The van der Waals surface area contributed by atoms with Gasteiger partial charge in [-0.2, -0.15) is 0 Å². The highest BCUT2D eigenvalue weighted by Crippen LogP contribution is 2.30. The molecule has 0 bridgehead atoms. The maximum absolute atomic E-state index is 12.4. The minimum absolute atomic E-state index is 0.319. The molecule has 23 heavy (non-hydrogen) atoms. The highest BCUT2D eigenvalue weighted by Gasteiger charge is 2.14. The molecule has 3 nitrogen and oxygen atoms in total. The summed E-state index contributed by atoms with van der Waals surface area (Å²) in [7, 11) is 0. The van der Waals surface area contributed by atoms with Crippen LogP contribution in [0, 0.1) is 0 Å². The number of thiazole rings is 1. The summed E-state index contributed by atoms with van der Waals surface area (Å²) in [4.78, 5) is 16.8. The number of rotatable bonds is 3. The number of benzene rings is 2. The summed E-state index contributed by atoms with van der Waals surface area (Å²) >= 11 is 13.4. The van der Waals surface area contributed by atoms with E-state index in [0.29, 0.717) is 26.7 Å². The van der Waals surface area contributed by atoms with Gasteiger partial charge in [-0.15, -0.1) is 0 Å². The van der Waals surface area contributed by atoms with Crippen molar-refractivity contribution < 1.29 is 4.79 Å². The van der Waals surface area contributed by atoms with Crippen molar-refractivity contribution in [2.45, 2.75) is 19.8 Å². The van der Waals surface area contributed by atoms with Gasteiger partial charge in [-0.3, -0.25) is 10.1 Å². The smallest absolute Gasteiger partial charge is 0.259 e. The average molecular weight is 365 g/mol. The molecule has 0 atom stereocenters. The Balaban J connectivity index is 1.89. The van der Waals surface area contributed by atoms with E-state index in [-0.39, 0.29) is 5.91 Å². The molecule has 6 heteroatoms. The zero-order chi connectivity index (χ0) is 16.6. The molecule has 0 aliphatic rings. The van der Waals surface area contributed by atoms with Gasteiger partial charge in [-0.05, 0) is 41.8 Å². The Bertz CT molecular complexity index is 889. The van der Waals surface area contributed by atoms with Crippen molar-refractivity contribution in [2.75, 3.05) is 5.32 Å². The van der Waals surface area contributed by atoms with Crippen LogP contribution in [0.1, 0.15) is 35.7 Å². The van der Waals surface area contributed by atoms with Crippen molar-refractivity contribution in [3.8, 4) is 0 Å². The van der Waals surface area contributed by atoms with Crippen LogP contribution >= 0.6 is 34.5 Å². The Morgan fingerprint density at radius 3 is 2.70 bits per heavy atom. The first kappa shape index (κ1) is 16.2. The van der Waals surface area contributed by atoms with E-state index in [1.54, 1.807) is 18.2 Å². The van der Waals surface area contributed by atoms with Gasteiger partial charge in [0.05, 0.1) is 20.8 Å². The minimum Gasteiger partial charge on any atom is -0.298 e. The lowest BCUT2D eigenvalue weighted by atomic mass is 10.0. The van der Waals surface area contributed by atoms with Gasteiger partial charge >= 0.3 is 0 Å². The van der Waals surface area contributed by atoms with Crippen molar-refractivity contribution >= 4 is 55.8 Å². The second kappa shape index (κ2) is 6.48. The SMILES string of the molecule is CC(C)c1ccc2nc(NC(=O)c3cc(Cl)ccc3Cl)sc2c1. The molecule has 0 fully saturated rings. The molecule has 2 aromatic carbocycles. The van der Waals surface area contributed by atoms with E-state index in [4.69, 9.17) is 23.2 Å². The summed E-state index contributed by atoms with van der Waals surface area (Å²) in [5, 5.41) is 4.15. The number of amides is 1. The van der Waals surface area contributed by atoms with E-state index < -0.39 is 0 Å². The van der Waals surface area contributed by atoms with Crippen molar-refractivity contribution in [1.82, 2.24) is 4.98 Å². The third-order valence-electron chi connectivity index (χ3n) is 3.47. The molecule has 0 saturated heterocycles. The van der Waals surface area contributed by atoms with E-state index in [0.717, 1.165) is 10.2 Å². The lowest BCUT2D eigenvalue weighted by Crippen LogP contribution is -2.12. The minimum atomic E-state index is -0.319. The van der Waals surface area contributed by atoms with Gasteiger partial charge in [0.25, 0.3) is 5.91 Å². The van der Waals surface area contributed by atoms with Gasteiger partial charge in [0, 0.05) is 5.02 Å². The van der Waals surface area contributed by atoms with E-state index in [2.05, 4.69) is 36.3 Å². The van der Waals surface area contributed by atoms with Gasteiger partial charge < -0.3 is 0 Å². The summed E-state index contributed by atoms with van der Waals surface area (Å²) in [6.45, 7) is 4.29. The van der Waals surface area contributed by atoms with Crippen LogP contribution in [-0.2, 0) is 0 Å². The first-order chi connectivity index (χ1) is 10.9. The quantitative estimate of drug-likeness (QED) is 0.620. The van der Waals surface area contributed by atoms with E-state index in [1.807, 2.05) is 6.07 Å². The molecule has 1 heterocycles. The zero-order valence-electron chi connectivity index (χ0n) is 12.6. The van der Waals surface area contributed by atoms with Crippen LogP contribution in [0.5, 0.6) is 0 Å². The first-order valence-corrected chi connectivity index (χ1v) is 8.68. The largest absolute Gasteiger partial charge is 0.298 e. The van der Waals surface area contributed by atoms with E-state index in [1.165, 1.54) is 16.9 Å². The Hall–Kier alpha value is -1.62. The Morgan fingerprint density at radius 1 is 1.17 bits per heavy atom. The van der Waals surface area contributed by atoms with Gasteiger partial charge in [-0.25, -0.2) is 4.98 Å². The Kier molecular flexibility index (Phi) is 4.57. The molecule has 1 amide bonds. The highest BCUT2D eigenvalue weighted by molar-refractivity contribution is 7.22. The number of carbonyl (C=O) groups excluding carboxylic acids is 1. The van der Waals surface area contributed by atoms with Gasteiger partial charge in [0.15, 0.2) is 5.13 Å². The number of nitrogens with one attached hydrogen (secondary N) is 1. The normalized spacial score (nSPS) is 11.2. The fourth-order valence-corrected chi connectivity index (χ4v) is 3.47. The van der Waals surface area contributed by atoms with Crippen LogP contribution in [0.4, 0.5) is 5.13 Å². The number of halogens is 2. The second-order valence-corrected chi connectivity index (χ2v) is 7.35. The number of hydrogen-bond acceptors (Lipinski definition) is 3. The fourth-order valence-electron chi connectivity index (χ4n) is 2.19. The van der Waals surface area contributed by atoms with Crippen LogP contribution < -0.4 is 5.32 Å². The summed E-state index contributed by atoms with van der Waals surface area (Å²) in [5.41, 5.74) is 2.45. The molecule has 1 N–H and O–H groups in total. The number of hydrogen-bond donors (Lipinski definition) is 1. The third-order valence-corrected chi connectivity index (χ3v) is 4.97. The van der Waals surface area contributed by atoms with E-state index >= 15 is 0 Å². The molecular weight excluding hydrogens is 351 g/mol. The van der Waals surface area contributed by atoms with Crippen LogP contribution in [0.3, 0.4) is 0 Å². The summed E-state index contributed by atoms with van der Waals surface area (Å²) in [6, 6.07) is 10.9. The molecule has 1 aromatic heterocycles.